The van der Waals surface area contributed by atoms with Gasteiger partial charge in [0.25, 0.3) is 5.91 Å². The van der Waals surface area contributed by atoms with Gasteiger partial charge < -0.3 is 9.80 Å². The lowest BCUT2D eigenvalue weighted by molar-refractivity contribution is -0.123. The van der Waals surface area contributed by atoms with Crippen LogP contribution in [-0.4, -0.2) is 42.9 Å². The van der Waals surface area contributed by atoms with E-state index in [1.54, 1.807) is 0 Å². The molecule has 0 aliphatic carbocycles. The highest BCUT2D eigenvalue weighted by atomic mass is 16.2. The molecule has 2 aliphatic heterocycles. The Morgan fingerprint density at radius 2 is 1.85 bits per heavy atom. The van der Waals surface area contributed by atoms with Gasteiger partial charge in [-0.2, -0.15) is 0 Å². The first-order valence-electron chi connectivity index (χ1n) is 4.89. The number of carbonyl (C=O) groups is 1. The van der Waals surface area contributed by atoms with Crippen molar-refractivity contribution in [2.24, 2.45) is 0 Å². The molecule has 2 aliphatic rings. The van der Waals surface area contributed by atoms with Crippen molar-refractivity contribution >= 4 is 5.91 Å². The summed E-state index contributed by atoms with van der Waals surface area (Å²) in [4.78, 5) is 15.7. The molecule has 0 aromatic carbocycles. The lowest BCUT2D eigenvalue weighted by Crippen LogP contribution is -2.21. The molecule has 0 spiro atoms. The van der Waals surface area contributed by atoms with Gasteiger partial charge in [0.2, 0.25) is 0 Å². The Morgan fingerprint density at radius 1 is 1.08 bits per heavy atom. The van der Waals surface area contributed by atoms with Crippen LogP contribution < -0.4 is 0 Å². The van der Waals surface area contributed by atoms with E-state index in [0.717, 1.165) is 31.5 Å². The first-order chi connectivity index (χ1) is 6.20. The topological polar surface area (TPSA) is 23.6 Å². The quantitative estimate of drug-likeness (QED) is 0.515. The second-order valence-electron chi connectivity index (χ2n) is 3.93. The van der Waals surface area contributed by atoms with Crippen LogP contribution in [0.15, 0.2) is 11.3 Å². The molecular formula is C10H16N2O. The van der Waals surface area contributed by atoms with Crippen molar-refractivity contribution in [1.29, 1.82) is 0 Å². The molecule has 3 nitrogen and oxygen atoms in total. The minimum Gasteiger partial charge on any atom is -0.377 e. The Labute approximate surface area is 79.0 Å². The van der Waals surface area contributed by atoms with Gasteiger partial charge in [-0.1, -0.05) is 0 Å². The number of rotatable bonds is 0. The Bertz CT molecular complexity index is 270. The van der Waals surface area contributed by atoms with Crippen molar-refractivity contribution in [3.8, 4) is 0 Å². The maximum Gasteiger partial charge on any atom is 0.251 e. The Kier molecular flexibility index (Phi) is 2.02. The number of hydrogen-bond donors (Lipinski definition) is 0. The zero-order valence-electron chi connectivity index (χ0n) is 8.34. The highest BCUT2D eigenvalue weighted by Crippen LogP contribution is 2.28. The third-order valence-electron chi connectivity index (χ3n) is 3.02. The van der Waals surface area contributed by atoms with E-state index < -0.39 is 0 Å². The zero-order valence-corrected chi connectivity index (χ0v) is 8.34. The highest BCUT2D eigenvalue weighted by molar-refractivity contribution is 5.96. The number of likely N-dealkylation sites (N-methyl/N-ethyl adjacent to an activating group) is 1. The second kappa shape index (κ2) is 3.05. The number of amides is 1. The summed E-state index contributed by atoms with van der Waals surface area (Å²) < 4.78 is 0. The molecule has 0 saturated carbocycles. The van der Waals surface area contributed by atoms with Gasteiger partial charge in [0.15, 0.2) is 0 Å². The van der Waals surface area contributed by atoms with E-state index in [0.29, 0.717) is 0 Å². The molecule has 2 rings (SSSR count). The SMILES string of the molecule is CN1CC/C(=C2\CCCN2C)C1=O. The molecule has 0 aromatic heterocycles. The molecule has 1 amide bonds. The van der Waals surface area contributed by atoms with Gasteiger partial charge in [0, 0.05) is 38.5 Å². The van der Waals surface area contributed by atoms with E-state index in [9.17, 15) is 4.79 Å². The van der Waals surface area contributed by atoms with Crippen LogP contribution in [-0.2, 0) is 4.79 Å². The number of carbonyl (C=O) groups excluding carboxylic acids is 1. The normalized spacial score (nSPS) is 29.2. The summed E-state index contributed by atoms with van der Waals surface area (Å²) in [6.07, 6.45) is 3.23. The summed E-state index contributed by atoms with van der Waals surface area (Å²) in [7, 11) is 3.96. The van der Waals surface area contributed by atoms with E-state index >= 15 is 0 Å². The first-order valence-corrected chi connectivity index (χ1v) is 4.89. The van der Waals surface area contributed by atoms with Gasteiger partial charge in [-0.25, -0.2) is 0 Å². The van der Waals surface area contributed by atoms with E-state index in [1.807, 2.05) is 11.9 Å². The number of likely N-dealkylation sites (tertiary alicyclic amines) is 2. The molecule has 0 bridgehead atoms. The van der Waals surface area contributed by atoms with E-state index in [-0.39, 0.29) is 5.91 Å². The van der Waals surface area contributed by atoms with Crippen LogP contribution in [0.3, 0.4) is 0 Å². The fourth-order valence-corrected chi connectivity index (χ4v) is 2.18. The summed E-state index contributed by atoms with van der Waals surface area (Å²) in [5.41, 5.74) is 2.34. The standard InChI is InChI=1S/C10H16N2O/c1-11-6-3-4-9(11)8-5-7-12(2)10(8)13/h3-7H2,1-2H3/b9-8-. The second-order valence-corrected chi connectivity index (χ2v) is 3.93. The summed E-state index contributed by atoms with van der Waals surface area (Å²) in [6, 6.07) is 0. The molecule has 3 heteroatoms. The molecule has 0 aromatic rings. The fraction of sp³-hybridized carbons (Fsp3) is 0.700. The van der Waals surface area contributed by atoms with E-state index in [1.165, 1.54) is 12.1 Å². The minimum absolute atomic E-state index is 0.240. The van der Waals surface area contributed by atoms with Crippen molar-refractivity contribution in [3.05, 3.63) is 11.3 Å². The smallest absolute Gasteiger partial charge is 0.251 e. The summed E-state index contributed by atoms with van der Waals surface area (Å²) in [5.74, 6) is 0.240. The van der Waals surface area contributed by atoms with Gasteiger partial charge in [0.1, 0.15) is 0 Å². The molecule has 72 valence electrons. The maximum absolute atomic E-state index is 11.7. The highest BCUT2D eigenvalue weighted by Gasteiger charge is 2.28. The number of allylic oxidation sites excluding steroid dienone is 1. The molecule has 2 fully saturated rings. The zero-order chi connectivity index (χ0) is 9.42. The van der Waals surface area contributed by atoms with Gasteiger partial charge >= 0.3 is 0 Å². The van der Waals surface area contributed by atoms with Crippen molar-refractivity contribution in [2.75, 3.05) is 27.2 Å². The van der Waals surface area contributed by atoms with Gasteiger partial charge in [-0.3, -0.25) is 4.79 Å². The molecule has 13 heavy (non-hydrogen) atoms. The summed E-state index contributed by atoms with van der Waals surface area (Å²) in [6.45, 7) is 2.00. The van der Waals surface area contributed by atoms with Gasteiger partial charge in [-0.15, -0.1) is 0 Å². The molecule has 0 atom stereocenters. The van der Waals surface area contributed by atoms with Crippen LogP contribution in [0.5, 0.6) is 0 Å². The van der Waals surface area contributed by atoms with E-state index in [2.05, 4.69) is 11.9 Å². The average molecular weight is 180 g/mol. The van der Waals surface area contributed by atoms with Crippen LogP contribution in [0.2, 0.25) is 0 Å². The lowest BCUT2D eigenvalue weighted by Gasteiger charge is -2.15. The van der Waals surface area contributed by atoms with E-state index in [4.69, 9.17) is 0 Å². The lowest BCUT2D eigenvalue weighted by atomic mass is 10.1. The molecule has 0 N–H and O–H groups in total. The van der Waals surface area contributed by atoms with Crippen molar-refractivity contribution < 1.29 is 4.79 Å². The fourth-order valence-electron chi connectivity index (χ4n) is 2.18. The first kappa shape index (κ1) is 8.60. The molecule has 2 heterocycles. The third kappa shape index (κ3) is 1.32. The van der Waals surface area contributed by atoms with Crippen LogP contribution in [0.1, 0.15) is 19.3 Å². The van der Waals surface area contributed by atoms with Crippen molar-refractivity contribution in [3.63, 3.8) is 0 Å². The largest absolute Gasteiger partial charge is 0.377 e. The van der Waals surface area contributed by atoms with Crippen LogP contribution in [0.4, 0.5) is 0 Å². The molecular weight excluding hydrogens is 164 g/mol. The molecule has 2 saturated heterocycles. The van der Waals surface area contributed by atoms with Crippen LogP contribution in [0, 0.1) is 0 Å². The number of hydrogen-bond acceptors (Lipinski definition) is 2. The summed E-state index contributed by atoms with van der Waals surface area (Å²) in [5, 5.41) is 0. The number of nitrogens with zero attached hydrogens (tertiary/aromatic N) is 2. The predicted molar refractivity (Wildman–Crippen MR) is 51.1 cm³/mol. The third-order valence-corrected chi connectivity index (χ3v) is 3.02. The Hall–Kier alpha value is -0.990. The van der Waals surface area contributed by atoms with Crippen LogP contribution in [0.25, 0.3) is 0 Å². The predicted octanol–water partition coefficient (Wildman–Crippen LogP) is 0.828. The molecule has 0 radical (unpaired) electrons. The van der Waals surface area contributed by atoms with Crippen molar-refractivity contribution in [1.82, 2.24) is 9.80 Å². The average Bonchev–Trinajstić information content (AvgIpc) is 2.62. The van der Waals surface area contributed by atoms with Gasteiger partial charge in [0.05, 0.1) is 0 Å². The maximum atomic E-state index is 11.7. The Balaban J connectivity index is 2.28. The van der Waals surface area contributed by atoms with Gasteiger partial charge in [-0.05, 0) is 19.3 Å². The monoisotopic (exact) mass is 180 g/mol. The Morgan fingerprint density at radius 3 is 2.31 bits per heavy atom. The van der Waals surface area contributed by atoms with Crippen LogP contribution >= 0.6 is 0 Å². The molecule has 0 unspecified atom stereocenters. The summed E-state index contributed by atoms with van der Waals surface area (Å²) >= 11 is 0. The van der Waals surface area contributed by atoms with Crippen molar-refractivity contribution in [2.45, 2.75) is 19.3 Å². The minimum atomic E-state index is 0.240.